The molecule has 0 fully saturated rings. The molecule has 0 saturated carbocycles. The van der Waals surface area contributed by atoms with Crippen LogP contribution in [0.5, 0.6) is 0 Å². The van der Waals surface area contributed by atoms with E-state index in [-0.39, 0.29) is 5.97 Å². The van der Waals surface area contributed by atoms with Crippen LogP contribution >= 0.6 is 0 Å². The zero-order valence-corrected chi connectivity index (χ0v) is 24.3. The molecule has 0 bridgehead atoms. The second-order valence-electron chi connectivity index (χ2n) is 10.2. The lowest BCUT2D eigenvalue weighted by Crippen LogP contribution is -2.11. The van der Waals surface area contributed by atoms with E-state index >= 15 is 0 Å². The number of ether oxygens (including phenoxy) is 4. The highest BCUT2D eigenvalue weighted by atomic mass is 16.5. The molecular formula is C31H62O5. The predicted molar refractivity (Wildman–Crippen MR) is 152 cm³/mol. The van der Waals surface area contributed by atoms with Gasteiger partial charge in [0.1, 0.15) is 0 Å². The molecule has 0 N–H and O–H groups in total. The summed E-state index contributed by atoms with van der Waals surface area (Å²) < 4.78 is 21.9. The van der Waals surface area contributed by atoms with Crippen LogP contribution in [0.1, 0.15) is 149 Å². The monoisotopic (exact) mass is 514 g/mol. The topological polar surface area (TPSA) is 54.0 Å². The lowest BCUT2D eigenvalue weighted by Gasteiger charge is -2.07. The van der Waals surface area contributed by atoms with Crippen LogP contribution in [-0.4, -0.2) is 52.2 Å². The van der Waals surface area contributed by atoms with Crippen LogP contribution < -0.4 is 0 Å². The summed E-state index contributed by atoms with van der Waals surface area (Å²) in [6, 6.07) is 0. The quantitative estimate of drug-likeness (QED) is 0.0683. The van der Waals surface area contributed by atoms with E-state index in [1.54, 1.807) is 0 Å². The standard InChI is InChI=1S/C31H62O5/c1-3-5-7-9-10-11-12-13-14-15-16-17-19-21-26-36-31(32)23-22-25-34-28-30-35-29-27-33-24-20-18-8-6-4-2/h3-30H2,1-2H3. The maximum absolute atomic E-state index is 11.8. The van der Waals surface area contributed by atoms with Crippen LogP contribution in [0.25, 0.3) is 0 Å². The highest BCUT2D eigenvalue weighted by Crippen LogP contribution is 2.13. The average Bonchev–Trinajstić information content (AvgIpc) is 2.88. The number of hydrogen-bond acceptors (Lipinski definition) is 5. The first-order valence-corrected chi connectivity index (χ1v) is 15.7. The van der Waals surface area contributed by atoms with Crippen molar-refractivity contribution in [1.29, 1.82) is 0 Å². The van der Waals surface area contributed by atoms with Gasteiger partial charge >= 0.3 is 5.97 Å². The van der Waals surface area contributed by atoms with E-state index in [9.17, 15) is 4.79 Å². The third-order valence-corrected chi connectivity index (χ3v) is 6.57. The van der Waals surface area contributed by atoms with E-state index in [1.165, 1.54) is 103 Å². The molecule has 0 aliphatic rings. The molecule has 0 saturated heterocycles. The van der Waals surface area contributed by atoms with Gasteiger partial charge in [0.05, 0.1) is 33.0 Å². The van der Waals surface area contributed by atoms with Crippen molar-refractivity contribution in [2.75, 3.05) is 46.2 Å². The first-order chi connectivity index (χ1) is 17.8. The van der Waals surface area contributed by atoms with Gasteiger partial charge in [-0.15, -0.1) is 0 Å². The Hall–Kier alpha value is -0.650. The first-order valence-electron chi connectivity index (χ1n) is 15.7. The summed E-state index contributed by atoms with van der Waals surface area (Å²) in [4.78, 5) is 11.8. The summed E-state index contributed by atoms with van der Waals surface area (Å²) >= 11 is 0. The number of rotatable bonds is 31. The summed E-state index contributed by atoms with van der Waals surface area (Å²) in [5.74, 6) is -0.101. The van der Waals surface area contributed by atoms with Crippen LogP contribution in [0.2, 0.25) is 0 Å². The molecule has 216 valence electrons. The van der Waals surface area contributed by atoms with Gasteiger partial charge in [0.25, 0.3) is 0 Å². The molecule has 5 nitrogen and oxygen atoms in total. The molecule has 0 aromatic heterocycles. The Morgan fingerprint density at radius 3 is 1.17 bits per heavy atom. The third-order valence-electron chi connectivity index (χ3n) is 6.57. The van der Waals surface area contributed by atoms with E-state index < -0.39 is 0 Å². The van der Waals surface area contributed by atoms with Gasteiger partial charge in [0.15, 0.2) is 0 Å². The third kappa shape index (κ3) is 31.4. The van der Waals surface area contributed by atoms with E-state index in [2.05, 4.69) is 13.8 Å². The normalized spacial score (nSPS) is 11.3. The van der Waals surface area contributed by atoms with E-state index in [0.29, 0.717) is 52.5 Å². The Kier molecular flexibility index (Phi) is 31.8. The minimum absolute atomic E-state index is 0.101. The second-order valence-corrected chi connectivity index (χ2v) is 10.2. The fraction of sp³-hybridized carbons (Fsp3) is 0.968. The van der Waals surface area contributed by atoms with Crippen LogP contribution in [0, 0.1) is 0 Å². The molecule has 0 unspecified atom stereocenters. The molecule has 0 spiro atoms. The summed E-state index contributed by atoms with van der Waals surface area (Å²) in [6.45, 7) is 8.88. The summed E-state index contributed by atoms with van der Waals surface area (Å²) in [5.41, 5.74) is 0. The number of unbranched alkanes of at least 4 members (excludes halogenated alkanes) is 17. The van der Waals surface area contributed by atoms with Crippen molar-refractivity contribution >= 4 is 5.97 Å². The fourth-order valence-electron chi connectivity index (χ4n) is 4.22. The Bertz CT molecular complexity index is 380. The summed E-state index contributed by atoms with van der Waals surface area (Å²) in [7, 11) is 0. The maximum atomic E-state index is 11.8. The maximum Gasteiger partial charge on any atom is 0.305 e. The Morgan fingerprint density at radius 2 is 0.722 bits per heavy atom. The van der Waals surface area contributed by atoms with Crippen LogP contribution in [0.4, 0.5) is 0 Å². The number of esters is 1. The smallest absolute Gasteiger partial charge is 0.305 e. The largest absolute Gasteiger partial charge is 0.466 e. The van der Waals surface area contributed by atoms with Crippen LogP contribution in [-0.2, 0) is 23.7 Å². The van der Waals surface area contributed by atoms with Crippen molar-refractivity contribution in [3.8, 4) is 0 Å². The molecule has 0 aliphatic heterocycles. The number of carbonyl (C=O) groups is 1. The lowest BCUT2D eigenvalue weighted by molar-refractivity contribution is -0.144. The molecule has 36 heavy (non-hydrogen) atoms. The zero-order valence-electron chi connectivity index (χ0n) is 24.3. The molecule has 5 heteroatoms. The molecule has 0 aromatic rings. The second kappa shape index (κ2) is 32.4. The van der Waals surface area contributed by atoms with Gasteiger partial charge in [0.2, 0.25) is 0 Å². The van der Waals surface area contributed by atoms with Gasteiger partial charge in [-0.05, 0) is 19.3 Å². The van der Waals surface area contributed by atoms with Crippen molar-refractivity contribution < 1.29 is 23.7 Å². The Balaban J connectivity index is 3.14. The zero-order chi connectivity index (χ0) is 26.2. The molecule has 0 rings (SSSR count). The van der Waals surface area contributed by atoms with Gasteiger partial charge < -0.3 is 18.9 Å². The summed E-state index contributed by atoms with van der Waals surface area (Å²) in [6.07, 6.45) is 26.2. The lowest BCUT2D eigenvalue weighted by atomic mass is 10.0. The molecule has 0 radical (unpaired) electrons. The molecule has 0 heterocycles. The van der Waals surface area contributed by atoms with Crippen molar-refractivity contribution in [2.24, 2.45) is 0 Å². The molecule has 0 aromatic carbocycles. The van der Waals surface area contributed by atoms with Crippen molar-refractivity contribution in [3.05, 3.63) is 0 Å². The van der Waals surface area contributed by atoms with Gasteiger partial charge in [-0.2, -0.15) is 0 Å². The van der Waals surface area contributed by atoms with E-state index in [1.807, 2.05) is 0 Å². The average molecular weight is 515 g/mol. The van der Waals surface area contributed by atoms with Crippen LogP contribution in [0.3, 0.4) is 0 Å². The predicted octanol–water partition coefficient (Wildman–Crippen LogP) is 8.81. The van der Waals surface area contributed by atoms with Gasteiger partial charge in [-0.3, -0.25) is 4.79 Å². The number of carbonyl (C=O) groups excluding carboxylic acids is 1. The van der Waals surface area contributed by atoms with Gasteiger partial charge in [-0.1, -0.05) is 123 Å². The SMILES string of the molecule is CCCCCCCCCCCCCCCCOC(=O)CCCOCCOCCOCCCCCCC. The first kappa shape index (κ1) is 35.4. The van der Waals surface area contributed by atoms with Crippen molar-refractivity contribution in [2.45, 2.75) is 149 Å². The van der Waals surface area contributed by atoms with Gasteiger partial charge in [0, 0.05) is 19.6 Å². The van der Waals surface area contributed by atoms with E-state index in [4.69, 9.17) is 18.9 Å². The minimum Gasteiger partial charge on any atom is -0.466 e. The Morgan fingerprint density at radius 1 is 0.389 bits per heavy atom. The minimum atomic E-state index is -0.101. The molecule has 0 aliphatic carbocycles. The van der Waals surface area contributed by atoms with Crippen molar-refractivity contribution in [3.63, 3.8) is 0 Å². The summed E-state index contributed by atoms with van der Waals surface area (Å²) in [5, 5.41) is 0. The fourth-order valence-corrected chi connectivity index (χ4v) is 4.22. The van der Waals surface area contributed by atoms with Gasteiger partial charge in [-0.25, -0.2) is 0 Å². The van der Waals surface area contributed by atoms with Crippen molar-refractivity contribution in [1.82, 2.24) is 0 Å². The number of hydrogen-bond donors (Lipinski definition) is 0. The molecule has 0 amide bonds. The van der Waals surface area contributed by atoms with Crippen LogP contribution in [0.15, 0.2) is 0 Å². The highest BCUT2D eigenvalue weighted by Gasteiger charge is 2.03. The van der Waals surface area contributed by atoms with E-state index in [0.717, 1.165) is 25.9 Å². The Labute approximate surface area is 224 Å². The highest BCUT2D eigenvalue weighted by molar-refractivity contribution is 5.69. The molecular weight excluding hydrogens is 452 g/mol. The molecule has 0 atom stereocenters.